The zero-order valence-electron chi connectivity index (χ0n) is 13.5. The number of esters is 1. The van der Waals surface area contributed by atoms with E-state index < -0.39 is 5.97 Å². The molecule has 0 saturated heterocycles. The van der Waals surface area contributed by atoms with Crippen molar-refractivity contribution in [3.63, 3.8) is 0 Å². The average Bonchev–Trinajstić information content (AvgIpc) is 2.55. The second-order valence-corrected chi connectivity index (χ2v) is 6.37. The molecule has 6 heteroatoms. The van der Waals surface area contributed by atoms with Gasteiger partial charge in [-0.05, 0) is 43.2 Å². The lowest BCUT2D eigenvalue weighted by atomic mass is 10.1. The van der Waals surface area contributed by atoms with Gasteiger partial charge in [-0.15, -0.1) is 0 Å². The molecule has 0 heterocycles. The predicted octanol–water partition coefficient (Wildman–Crippen LogP) is 3.37. The molecule has 24 heavy (non-hydrogen) atoms. The van der Waals surface area contributed by atoms with Crippen molar-refractivity contribution in [3.8, 4) is 0 Å². The quantitative estimate of drug-likeness (QED) is 0.605. The van der Waals surface area contributed by atoms with E-state index in [-0.39, 0.29) is 24.1 Å². The van der Waals surface area contributed by atoms with E-state index in [1.165, 1.54) is 0 Å². The molecule has 2 rings (SSSR count). The Bertz CT molecular complexity index is 744. The third-order valence-electron chi connectivity index (χ3n) is 3.63. The molecule has 0 aliphatic heterocycles. The van der Waals surface area contributed by atoms with E-state index in [0.29, 0.717) is 5.69 Å². The number of hydrogen-bond donors (Lipinski definition) is 2. The van der Waals surface area contributed by atoms with Gasteiger partial charge in [0.15, 0.2) is 6.61 Å². The molecule has 0 spiro atoms. The molecule has 126 valence electrons. The van der Waals surface area contributed by atoms with Crippen LogP contribution in [0.2, 0.25) is 0 Å². The van der Waals surface area contributed by atoms with Crippen molar-refractivity contribution in [1.82, 2.24) is 5.32 Å². The summed E-state index contributed by atoms with van der Waals surface area (Å²) < 4.78 is 6.01. The average molecular weight is 391 g/mol. The number of nitrogens with two attached hydrogens (primary N) is 1. The van der Waals surface area contributed by atoms with Gasteiger partial charge in [-0.3, -0.25) is 4.79 Å². The van der Waals surface area contributed by atoms with Crippen LogP contribution in [0.3, 0.4) is 0 Å². The first-order valence-electron chi connectivity index (χ1n) is 7.45. The molecule has 3 N–H and O–H groups in total. The van der Waals surface area contributed by atoms with Crippen LogP contribution in [0.5, 0.6) is 0 Å². The molecule has 0 aromatic heterocycles. The van der Waals surface area contributed by atoms with E-state index in [1.807, 2.05) is 31.2 Å². The van der Waals surface area contributed by atoms with Gasteiger partial charge in [0.25, 0.3) is 5.91 Å². The molecule has 0 bridgehead atoms. The second kappa shape index (κ2) is 7.97. The van der Waals surface area contributed by atoms with Crippen LogP contribution in [-0.4, -0.2) is 18.5 Å². The van der Waals surface area contributed by atoms with Gasteiger partial charge in [0.1, 0.15) is 0 Å². The smallest absolute Gasteiger partial charge is 0.340 e. The van der Waals surface area contributed by atoms with Crippen LogP contribution >= 0.6 is 15.9 Å². The zero-order valence-corrected chi connectivity index (χ0v) is 15.1. The van der Waals surface area contributed by atoms with E-state index in [4.69, 9.17) is 10.5 Å². The van der Waals surface area contributed by atoms with Gasteiger partial charge < -0.3 is 15.8 Å². The lowest BCUT2D eigenvalue weighted by Crippen LogP contribution is -2.31. The van der Waals surface area contributed by atoms with E-state index in [1.54, 1.807) is 25.1 Å². The van der Waals surface area contributed by atoms with Crippen LogP contribution in [0, 0.1) is 6.92 Å². The molecule has 1 amide bonds. The first-order chi connectivity index (χ1) is 11.4. The summed E-state index contributed by atoms with van der Waals surface area (Å²) in [7, 11) is 0. The minimum atomic E-state index is -0.609. The Morgan fingerprint density at radius 1 is 1.21 bits per heavy atom. The number of nitrogen functional groups attached to an aromatic ring is 1. The first kappa shape index (κ1) is 18.0. The number of aryl methyl sites for hydroxylation is 1. The highest BCUT2D eigenvalue weighted by atomic mass is 79.9. The number of rotatable bonds is 5. The van der Waals surface area contributed by atoms with Crippen molar-refractivity contribution in [2.75, 3.05) is 12.3 Å². The summed E-state index contributed by atoms with van der Waals surface area (Å²) in [6, 6.07) is 12.5. The highest BCUT2D eigenvalue weighted by Gasteiger charge is 2.15. The molecule has 0 unspecified atom stereocenters. The largest absolute Gasteiger partial charge is 0.452 e. The lowest BCUT2D eigenvalue weighted by molar-refractivity contribution is -0.124. The van der Waals surface area contributed by atoms with Crippen LogP contribution in [-0.2, 0) is 9.53 Å². The van der Waals surface area contributed by atoms with Crippen molar-refractivity contribution < 1.29 is 14.3 Å². The number of carbonyl (C=O) groups excluding carboxylic acids is 2. The Morgan fingerprint density at radius 3 is 2.54 bits per heavy atom. The fourth-order valence-electron chi connectivity index (χ4n) is 2.19. The maximum Gasteiger partial charge on any atom is 0.340 e. The number of carbonyl (C=O) groups is 2. The molecule has 2 aromatic rings. The topological polar surface area (TPSA) is 81.4 Å². The summed E-state index contributed by atoms with van der Waals surface area (Å²) in [6.45, 7) is 3.31. The van der Waals surface area contributed by atoms with Crippen molar-refractivity contribution in [3.05, 3.63) is 63.6 Å². The van der Waals surface area contributed by atoms with Crippen LogP contribution in [0.15, 0.2) is 46.9 Å². The van der Waals surface area contributed by atoms with Gasteiger partial charge in [-0.25, -0.2) is 4.79 Å². The van der Waals surface area contributed by atoms with Crippen molar-refractivity contribution in [2.24, 2.45) is 0 Å². The molecule has 2 aromatic carbocycles. The standard InChI is InChI=1S/C18H19BrN2O3/c1-11-4-3-5-15(17(11)20)18(23)24-10-16(22)21-12(2)13-6-8-14(19)9-7-13/h3-9,12H,10,20H2,1-2H3,(H,21,22)/t12-/m0/s1. The predicted molar refractivity (Wildman–Crippen MR) is 96.6 cm³/mol. The van der Waals surface area contributed by atoms with Gasteiger partial charge in [0, 0.05) is 10.2 Å². The third-order valence-corrected chi connectivity index (χ3v) is 4.15. The molecule has 0 saturated carbocycles. The molecule has 1 atom stereocenters. The van der Waals surface area contributed by atoms with Crippen molar-refractivity contribution in [1.29, 1.82) is 0 Å². The first-order valence-corrected chi connectivity index (χ1v) is 8.25. The molecular formula is C18H19BrN2O3. The van der Waals surface area contributed by atoms with Gasteiger partial charge in [0.2, 0.25) is 0 Å². The summed E-state index contributed by atoms with van der Waals surface area (Å²) in [6.07, 6.45) is 0. The molecule has 5 nitrogen and oxygen atoms in total. The number of halogens is 1. The number of nitrogens with one attached hydrogen (secondary N) is 1. The van der Waals surface area contributed by atoms with E-state index in [2.05, 4.69) is 21.2 Å². The SMILES string of the molecule is Cc1cccc(C(=O)OCC(=O)N[C@@H](C)c2ccc(Br)cc2)c1N. The molecule has 0 aliphatic rings. The van der Waals surface area contributed by atoms with Crippen LogP contribution in [0.1, 0.15) is 34.5 Å². The lowest BCUT2D eigenvalue weighted by Gasteiger charge is -2.15. The van der Waals surface area contributed by atoms with Crippen LogP contribution in [0.4, 0.5) is 5.69 Å². The number of para-hydroxylation sites is 1. The Hall–Kier alpha value is -2.34. The Morgan fingerprint density at radius 2 is 1.88 bits per heavy atom. The maximum absolute atomic E-state index is 12.0. The van der Waals surface area contributed by atoms with Crippen molar-refractivity contribution >= 4 is 33.5 Å². The number of hydrogen-bond acceptors (Lipinski definition) is 4. The van der Waals surface area contributed by atoms with E-state index in [9.17, 15) is 9.59 Å². The third kappa shape index (κ3) is 4.58. The molecule has 0 fully saturated rings. The normalized spacial score (nSPS) is 11.6. The van der Waals surface area contributed by atoms with E-state index >= 15 is 0 Å². The monoisotopic (exact) mass is 390 g/mol. The Labute approximate surface area is 149 Å². The van der Waals surface area contributed by atoms with Gasteiger partial charge in [0.05, 0.1) is 11.6 Å². The second-order valence-electron chi connectivity index (χ2n) is 5.45. The number of amides is 1. The highest BCUT2D eigenvalue weighted by Crippen LogP contribution is 2.18. The van der Waals surface area contributed by atoms with Gasteiger partial charge >= 0.3 is 5.97 Å². The highest BCUT2D eigenvalue weighted by molar-refractivity contribution is 9.10. The Balaban J connectivity index is 1.89. The van der Waals surface area contributed by atoms with Crippen LogP contribution < -0.4 is 11.1 Å². The summed E-state index contributed by atoms with van der Waals surface area (Å²) >= 11 is 3.36. The zero-order chi connectivity index (χ0) is 17.7. The van der Waals surface area contributed by atoms with E-state index in [0.717, 1.165) is 15.6 Å². The summed E-state index contributed by atoms with van der Waals surface area (Å²) in [4.78, 5) is 24.0. The Kier molecular flexibility index (Phi) is 5.98. The molecule has 0 aliphatic carbocycles. The van der Waals surface area contributed by atoms with Crippen LogP contribution in [0.25, 0.3) is 0 Å². The van der Waals surface area contributed by atoms with Gasteiger partial charge in [-0.1, -0.05) is 40.2 Å². The summed E-state index contributed by atoms with van der Waals surface area (Å²) in [5.74, 6) is -0.979. The van der Waals surface area contributed by atoms with Gasteiger partial charge in [-0.2, -0.15) is 0 Å². The molecule has 0 radical (unpaired) electrons. The van der Waals surface area contributed by atoms with Crippen molar-refractivity contribution in [2.45, 2.75) is 19.9 Å². The fourth-order valence-corrected chi connectivity index (χ4v) is 2.45. The minimum absolute atomic E-state index is 0.187. The summed E-state index contributed by atoms with van der Waals surface area (Å²) in [5.41, 5.74) is 8.24. The minimum Gasteiger partial charge on any atom is -0.452 e. The maximum atomic E-state index is 12.0. The number of ether oxygens (including phenoxy) is 1. The summed E-state index contributed by atoms with van der Waals surface area (Å²) in [5, 5.41) is 2.79. The number of anilines is 1. The molecular weight excluding hydrogens is 372 g/mol. The fraction of sp³-hybridized carbons (Fsp3) is 0.222. The number of benzene rings is 2.